The van der Waals surface area contributed by atoms with Gasteiger partial charge in [-0.25, -0.2) is 0 Å². The third-order valence-electron chi connectivity index (χ3n) is 1.61. The molecule has 1 atom stereocenters. The Balaban J connectivity index is 3.04. The zero-order valence-electron chi connectivity index (χ0n) is 6.43. The van der Waals surface area contributed by atoms with Crippen LogP contribution in [-0.2, 0) is 0 Å². The van der Waals surface area contributed by atoms with Gasteiger partial charge in [0.15, 0.2) is 0 Å². The van der Waals surface area contributed by atoms with Crippen molar-refractivity contribution in [3.05, 3.63) is 32.4 Å². The van der Waals surface area contributed by atoms with Gasteiger partial charge < -0.3 is 11.5 Å². The second-order valence-electron chi connectivity index (χ2n) is 2.51. The van der Waals surface area contributed by atoms with Crippen LogP contribution in [0.15, 0.2) is 18.2 Å². The molecule has 2 nitrogen and oxygen atoms in total. The molecule has 1 rings (SSSR count). The minimum Gasteiger partial charge on any atom is -0.329 e. The largest absolute Gasteiger partial charge is 0.329 e. The first-order valence-electron chi connectivity index (χ1n) is 3.55. The lowest BCUT2D eigenvalue weighted by Crippen LogP contribution is -2.21. The van der Waals surface area contributed by atoms with Gasteiger partial charge in [-0.3, -0.25) is 0 Å². The van der Waals surface area contributed by atoms with Crippen LogP contribution in [0.25, 0.3) is 0 Å². The van der Waals surface area contributed by atoms with Crippen LogP contribution in [0.5, 0.6) is 0 Å². The molecule has 4 N–H and O–H groups in total. The van der Waals surface area contributed by atoms with E-state index < -0.39 is 0 Å². The third kappa shape index (κ3) is 2.32. The van der Waals surface area contributed by atoms with Crippen molar-refractivity contribution >= 4 is 34.2 Å². The van der Waals surface area contributed by atoms with Crippen LogP contribution in [-0.4, -0.2) is 6.54 Å². The Hall–Kier alpha value is 0.160. The Morgan fingerprint density at radius 1 is 1.50 bits per heavy atom. The van der Waals surface area contributed by atoms with Crippen molar-refractivity contribution in [3.63, 3.8) is 0 Å². The van der Waals surface area contributed by atoms with Crippen LogP contribution in [0.1, 0.15) is 11.6 Å². The summed E-state index contributed by atoms with van der Waals surface area (Å²) in [5.74, 6) is 0. The fourth-order valence-corrected chi connectivity index (χ4v) is 1.70. The molecule has 0 aliphatic carbocycles. The van der Waals surface area contributed by atoms with E-state index in [0.717, 1.165) is 9.13 Å². The van der Waals surface area contributed by atoms with E-state index in [-0.39, 0.29) is 6.04 Å². The number of nitrogens with two attached hydrogens (primary N) is 2. The fraction of sp³-hybridized carbons (Fsp3) is 0.250. The van der Waals surface area contributed by atoms with Gasteiger partial charge in [-0.2, -0.15) is 0 Å². The highest BCUT2D eigenvalue weighted by atomic mass is 127. The number of benzene rings is 1. The fourth-order valence-electron chi connectivity index (χ4n) is 0.926. The van der Waals surface area contributed by atoms with E-state index in [0.29, 0.717) is 11.6 Å². The Bertz CT molecular complexity index is 278. The molecule has 1 aromatic carbocycles. The van der Waals surface area contributed by atoms with Crippen molar-refractivity contribution < 1.29 is 0 Å². The average molecular weight is 297 g/mol. The van der Waals surface area contributed by atoms with Crippen molar-refractivity contribution in [3.8, 4) is 0 Å². The molecular weight excluding hydrogens is 286 g/mol. The van der Waals surface area contributed by atoms with Gasteiger partial charge in [0.05, 0.1) is 0 Å². The van der Waals surface area contributed by atoms with Gasteiger partial charge in [-0.05, 0) is 46.4 Å². The molecule has 66 valence electrons. The van der Waals surface area contributed by atoms with E-state index in [9.17, 15) is 0 Å². The summed E-state index contributed by atoms with van der Waals surface area (Å²) in [4.78, 5) is 0. The van der Waals surface area contributed by atoms with E-state index in [1.807, 2.05) is 18.2 Å². The molecule has 1 aromatic rings. The molecule has 4 heteroatoms. The van der Waals surface area contributed by atoms with Gasteiger partial charge >= 0.3 is 0 Å². The van der Waals surface area contributed by atoms with Gasteiger partial charge in [0.25, 0.3) is 0 Å². The zero-order chi connectivity index (χ0) is 9.14. The third-order valence-corrected chi connectivity index (χ3v) is 2.63. The molecule has 0 fully saturated rings. The molecule has 0 amide bonds. The summed E-state index contributed by atoms with van der Waals surface area (Å²) in [6, 6.07) is 5.58. The SMILES string of the molecule is NC[C@H](N)c1cc(I)ccc1Cl. The number of rotatable bonds is 2. The second kappa shape index (κ2) is 4.41. The molecule has 0 saturated heterocycles. The van der Waals surface area contributed by atoms with E-state index in [1.54, 1.807) is 0 Å². The average Bonchev–Trinajstić information content (AvgIpc) is 2.08. The van der Waals surface area contributed by atoms with E-state index in [1.165, 1.54) is 0 Å². The first-order chi connectivity index (χ1) is 5.65. The van der Waals surface area contributed by atoms with Gasteiger partial charge in [-0.15, -0.1) is 0 Å². The summed E-state index contributed by atoms with van der Waals surface area (Å²) in [6.07, 6.45) is 0. The minimum absolute atomic E-state index is 0.160. The van der Waals surface area contributed by atoms with Gasteiger partial charge in [0, 0.05) is 21.2 Å². The maximum absolute atomic E-state index is 5.93. The molecular formula is C8H10ClIN2. The highest BCUT2D eigenvalue weighted by molar-refractivity contribution is 14.1. The molecule has 0 spiro atoms. The molecule has 0 radical (unpaired) electrons. The topological polar surface area (TPSA) is 52.0 Å². The lowest BCUT2D eigenvalue weighted by molar-refractivity contribution is 0.737. The Morgan fingerprint density at radius 3 is 2.75 bits per heavy atom. The quantitative estimate of drug-likeness (QED) is 0.819. The predicted octanol–water partition coefficient (Wildman–Crippen LogP) is 1.90. The lowest BCUT2D eigenvalue weighted by Gasteiger charge is -2.11. The van der Waals surface area contributed by atoms with Crippen LogP contribution < -0.4 is 11.5 Å². The first kappa shape index (κ1) is 10.2. The van der Waals surface area contributed by atoms with Crippen molar-refractivity contribution in [1.82, 2.24) is 0 Å². The molecule has 0 heterocycles. The zero-order valence-corrected chi connectivity index (χ0v) is 9.34. The number of hydrogen-bond donors (Lipinski definition) is 2. The summed E-state index contributed by atoms with van der Waals surface area (Å²) < 4.78 is 1.12. The van der Waals surface area contributed by atoms with E-state index >= 15 is 0 Å². The van der Waals surface area contributed by atoms with Crippen molar-refractivity contribution in [2.45, 2.75) is 6.04 Å². The standard InChI is InChI=1S/C8H10ClIN2/c9-7-2-1-5(10)3-6(7)8(12)4-11/h1-3,8H,4,11-12H2/t8-/m0/s1. The molecule has 0 saturated carbocycles. The Morgan fingerprint density at radius 2 is 2.17 bits per heavy atom. The lowest BCUT2D eigenvalue weighted by atomic mass is 10.1. The van der Waals surface area contributed by atoms with E-state index in [4.69, 9.17) is 23.1 Å². The predicted molar refractivity (Wildman–Crippen MR) is 60.2 cm³/mol. The number of hydrogen-bond acceptors (Lipinski definition) is 2. The van der Waals surface area contributed by atoms with Crippen molar-refractivity contribution in [1.29, 1.82) is 0 Å². The van der Waals surface area contributed by atoms with Crippen LogP contribution in [0.2, 0.25) is 5.02 Å². The minimum atomic E-state index is -0.160. The van der Waals surface area contributed by atoms with Crippen molar-refractivity contribution in [2.75, 3.05) is 6.54 Å². The summed E-state index contributed by atoms with van der Waals surface area (Å²) >= 11 is 8.15. The van der Waals surface area contributed by atoms with Crippen LogP contribution >= 0.6 is 34.2 Å². The summed E-state index contributed by atoms with van der Waals surface area (Å²) in [6.45, 7) is 0.416. The first-order valence-corrected chi connectivity index (χ1v) is 5.01. The van der Waals surface area contributed by atoms with Crippen LogP contribution in [0, 0.1) is 3.57 Å². The Kier molecular flexibility index (Phi) is 3.77. The maximum Gasteiger partial charge on any atom is 0.0454 e. The number of halogens is 2. The molecule has 0 bridgehead atoms. The van der Waals surface area contributed by atoms with Gasteiger partial charge in [0.2, 0.25) is 0 Å². The highest BCUT2D eigenvalue weighted by Crippen LogP contribution is 2.22. The normalized spacial score (nSPS) is 13.0. The van der Waals surface area contributed by atoms with Crippen LogP contribution in [0.4, 0.5) is 0 Å². The Labute approximate surface area is 90.4 Å². The van der Waals surface area contributed by atoms with Gasteiger partial charge in [-0.1, -0.05) is 11.6 Å². The summed E-state index contributed by atoms with van der Waals surface area (Å²) in [7, 11) is 0. The molecule has 0 unspecified atom stereocenters. The van der Waals surface area contributed by atoms with Crippen LogP contribution in [0.3, 0.4) is 0 Å². The molecule has 12 heavy (non-hydrogen) atoms. The second-order valence-corrected chi connectivity index (χ2v) is 4.16. The molecule has 0 aliphatic heterocycles. The monoisotopic (exact) mass is 296 g/mol. The maximum atomic E-state index is 5.93. The smallest absolute Gasteiger partial charge is 0.0454 e. The molecule has 0 aromatic heterocycles. The highest BCUT2D eigenvalue weighted by Gasteiger charge is 2.07. The van der Waals surface area contributed by atoms with E-state index in [2.05, 4.69) is 22.6 Å². The summed E-state index contributed by atoms with van der Waals surface area (Å²) in [5, 5.41) is 0.688. The van der Waals surface area contributed by atoms with Crippen molar-refractivity contribution in [2.24, 2.45) is 11.5 Å². The molecule has 0 aliphatic rings. The van der Waals surface area contributed by atoms with Gasteiger partial charge in [0.1, 0.15) is 0 Å². The summed E-state index contributed by atoms with van der Waals surface area (Å²) in [5.41, 5.74) is 12.1.